The van der Waals surface area contributed by atoms with E-state index in [-0.39, 0.29) is 23.1 Å². The van der Waals surface area contributed by atoms with Crippen LogP contribution in [0.2, 0.25) is 0 Å². The summed E-state index contributed by atoms with van der Waals surface area (Å²) in [6.45, 7) is 9.18. The fourth-order valence-corrected chi connectivity index (χ4v) is 5.60. The summed E-state index contributed by atoms with van der Waals surface area (Å²) < 4.78 is 27.3. The fraction of sp³-hybridized carbons (Fsp3) is 0.440. The van der Waals surface area contributed by atoms with E-state index in [1.807, 2.05) is 45.9 Å². The molecule has 1 atom stereocenters. The number of rotatable bonds is 9. The SMILES string of the molecule is CCCN(CCC)S(=O)(=O)c1ccc(NC(=O)C2CC(=O)N(c3ccc(C)c(C)c3)C2)cc1. The van der Waals surface area contributed by atoms with Crippen molar-refractivity contribution in [3.63, 3.8) is 0 Å². The number of hydrogen-bond donors (Lipinski definition) is 1. The van der Waals surface area contributed by atoms with Gasteiger partial charge in [0.05, 0.1) is 10.8 Å². The molecule has 0 bridgehead atoms. The van der Waals surface area contributed by atoms with E-state index in [1.165, 1.54) is 16.4 Å². The molecule has 0 spiro atoms. The van der Waals surface area contributed by atoms with Crippen molar-refractivity contribution in [1.82, 2.24) is 4.31 Å². The Labute approximate surface area is 196 Å². The third-order valence-electron chi connectivity index (χ3n) is 6.00. The first kappa shape index (κ1) is 24.9. The molecule has 3 rings (SSSR count). The fourth-order valence-electron chi connectivity index (χ4n) is 3.98. The molecule has 0 saturated carbocycles. The monoisotopic (exact) mass is 471 g/mol. The molecule has 1 fully saturated rings. The summed E-state index contributed by atoms with van der Waals surface area (Å²) in [5, 5.41) is 2.83. The number of nitrogens with zero attached hydrogens (tertiary/aromatic N) is 2. The second-order valence-corrected chi connectivity index (χ2v) is 10.5. The molecule has 2 amide bonds. The van der Waals surface area contributed by atoms with E-state index < -0.39 is 15.9 Å². The van der Waals surface area contributed by atoms with Crippen LogP contribution in [0.15, 0.2) is 47.4 Å². The summed E-state index contributed by atoms with van der Waals surface area (Å²) in [4.78, 5) is 27.2. The maximum Gasteiger partial charge on any atom is 0.243 e. The number of benzene rings is 2. The van der Waals surface area contributed by atoms with Crippen LogP contribution >= 0.6 is 0 Å². The number of sulfonamides is 1. The minimum absolute atomic E-state index is 0.0771. The number of hydrogen-bond acceptors (Lipinski definition) is 4. The van der Waals surface area contributed by atoms with Gasteiger partial charge >= 0.3 is 0 Å². The lowest BCUT2D eigenvalue weighted by molar-refractivity contribution is -0.122. The molecule has 0 aliphatic carbocycles. The Morgan fingerprint density at radius 2 is 1.67 bits per heavy atom. The van der Waals surface area contributed by atoms with Gasteiger partial charge in [0.1, 0.15) is 0 Å². The molecule has 33 heavy (non-hydrogen) atoms. The molecule has 1 heterocycles. The van der Waals surface area contributed by atoms with Crippen LogP contribution in [0.3, 0.4) is 0 Å². The summed E-state index contributed by atoms with van der Waals surface area (Å²) in [5.74, 6) is -0.789. The van der Waals surface area contributed by atoms with Crippen LogP contribution in [0.5, 0.6) is 0 Å². The highest BCUT2D eigenvalue weighted by molar-refractivity contribution is 7.89. The molecule has 1 unspecified atom stereocenters. The van der Waals surface area contributed by atoms with E-state index in [1.54, 1.807) is 17.0 Å². The molecule has 0 aromatic heterocycles. The van der Waals surface area contributed by atoms with Crippen LogP contribution in [-0.2, 0) is 19.6 Å². The van der Waals surface area contributed by atoms with Gasteiger partial charge in [-0.1, -0.05) is 19.9 Å². The number of anilines is 2. The highest BCUT2D eigenvalue weighted by atomic mass is 32.2. The Balaban J connectivity index is 1.67. The minimum Gasteiger partial charge on any atom is -0.326 e. The van der Waals surface area contributed by atoms with Crippen molar-refractivity contribution in [1.29, 1.82) is 0 Å². The summed E-state index contributed by atoms with van der Waals surface area (Å²) in [7, 11) is -3.57. The van der Waals surface area contributed by atoms with Gasteiger partial charge in [0.15, 0.2) is 0 Å². The summed E-state index contributed by atoms with van der Waals surface area (Å²) in [5.41, 5.74) is 3.56. The molecular weight excluding hydrogens is 438 g/mol. The molecule has 178 valence electrons. The molecule has 0 radical (unpaired) electrons. The van der Waals surface area contributed by atoms with Gasteiger partial charge in [0.2, 0.25) is 21.8 Å². The number of carbonyl (C=O) groups is 2. The second-order valence-electron chi connectivity index (χ2n) is 8.59. The van der Waals surface area contributed by atoms with E-state index in [2.05, 4.69) is 5.32 Å². The average molecular weight is 472 g/mol. The summed E-state index contributed by atoms with van der Waals surface area (Å²) >= 11 is 0. The maximum absolute atomic E-state index is 12.9. The van der Waals surface area contributed by atoms with Crippen molar-refractivity contribution >= 4 is 33.2 Å². The summed E-state index contributed by atoms with van der Waals surface area (Å²) in [6, 6.07) is 12.1. The van der Waals surface area contributed by atoms with Gasteiger partial charge in [-0.2, -0.15) is 4.31 Å². The maximum atomic E-state index is 12.9. The Hall–Kier alpha value is -2.71. The lowest BCUT2D eigenvalue weighted by Crippen LogP contribution is -2.32. The van der Waals surface area contributed by atoms with Gasteiger partial charge < -0.3 is 10.2 Å². The van der Waals surface area contributed by atoms with Gasteiger partial charge in [0, 0.05) is 37.4 Å². The number of nitrogens with one attached hydrogen (secondary N) is 1. The van der Waals surface area contributed by atoms with E-state index in [9.17, 15) is 18.0 Å². The lowest BCUT2D eigenvalue weighted by Gasteiger charge is -2.21. The van der Waals surface area contributed by atoms with Gasteiger partial charge in [0.25, 0.3) is 0 Å². The molecule has 1 N–H and O–H groups in total. The second kappa shape index (κ2) is 10.5. The van der Waals surface area contributed by atoms with Crippen molar-refractivity contribution in [3.8, 4) is 0 Å². The topological polar surface area (TPSA) is 86.8 Å². The van der Waals surface area contributed by atoms with Crippen LogP contribution in [0, 0.1) is 19.8 Å². The number of amides is 2. The third-order valence-corrected chi connectivity index (χ3v) is 7.92. The van der Waals surface area contributed by atoms with Crippen LogP contribution in [-0.4, -0.2) is 44.2 Å². The van der Waals surface area contributed by atoms with Crippen molar-refractivity contribution in [2.24, 2.45) is 5.92 Å². The summed E-state index contributed by atoms with van der Waals surface area (Å²) in [6.07, 6.45) is 1.63. The first-order chi connectivity index (χ1) is 15.7. The van der Waals surface area contributed by atoms with Crippen molar-refractivity contribution in [2.75, 3.05) is 29.9 Å². The quantitative estimate of drug-likeness (QED) is 0.596. The largest absolute Gasteiger partial charge is 0.326 e. The Bertz CT molecular complexity index is 1110. The zero-order valence-corrected chi connectivity index (χ0v) is 20.6. The van der Waals surface area contributed by atoms with Gasteiger partial charge in [-0.15, -0.1) is 0 Å². The molecular formula is C25H33N3O4S. The molecule has 2 aromatic carbocycles. The van der Waals surface area contributed by atoms with Crippen LogP contribution in [0.1, 0.15) is 44.2 Å². The molecule has 1 aliphatic rings. The van der Waals surface area contributed by atoms with Gasteiger partial charge in [-0.25, -0.2) is 8.42 Å². The number of carbonyl (C=O) groups excluding carboxylic acids is 2. The molecule has 1 saturated heterocycles. The molecule has 7 nitrogen and oxygen atoms in total. The first-order valence-corrected chi connectivity index (χ1v) is 12.9. The van der Waals surface area contributed by atoms with Gasteiger partial charge in [-0.05, 0) is 74.2 Å². The lowest BCUT2D eigenvalue weighted by atomic mass is 10.1. The zero-order chi connectivity index (χ0) is 24.2. The van der Waals surface area contributed by atoms with Gasteiger partial charge in [-0.3, -0.25) is 9.59 Å². The van der Waals surface area contributed by atoms with E-state index in [0.29, 0.717) is 25.3 Å². The molecule has 1 aliphatic heterocycles. The standard InChI is InChI=1S/C25H33N3O4S/c1-5-13-27(14-6-2)33(31,32)23-11-8-21(9-12-23)26-25(30)20-16-24(29)28(17-20)22-10-7-18(3)19(4)15-22/h7-12,15,20H,5-6,13-14,16-17H2,1-4H3,(H,26,30). The van der Waals surface area contributed by atoms with Crippen LogP contribution in [0.25, 0.3) is 0 Å². The Morgan fingerprint density at radius 1 is 1.03 bits per heavy atom. The van der Waals surface area contributed by atoms with Crippen molar-refractivity contribution in [2.45, 2.75) is 51.9 Å². The average Bonchev–Trinajstić information content (AvgIpc) is 3.17. The van der Waals surface area contributed by atoms with E-state index in [4.69, 9.17) is 0 Å². The number of aryl methyl sites for hydroxylation is 2. The first-order valence-electron chi connectivity index (χ1n) is 11.5. The minimum atomic E-state index is -3.57. The van der Waals surface area contributed by atoms with Crippen molar-refractivity contribution < 1.29 is 18.0 Å². The third kappa shape index (κ3) is 5.62. The molecule has 8 heteroatoms. The van der Waals surface area contributed by atoms with Crippen LogP contribution < -0.4 is 10.2 Å². The predicted molar refractivity (Wildman–Crippen MR) is 131 cm³/mol. The predicted octanol–water partition coefficient (Wildman–Crippen LogP) is 4.11. The Morgan fingerprint density at radius 3 is 2.24 bits per heavy atom. The smallest absolute Gasteiger partial charge is 0.243 e. The van der Waals surface area contributed by atoms with Crippen molar-refractivity contribution in [3.05, 3.63) is 53.6 Å². The molecule has 2 aromatic rings. The van der Waals surface area contributed by atoms with Crippen LogP contribution in [0.4, 0.5) is 11.4 Å². The zero-order valence-electron chi connectivity index (χ0n) is 19.8. The van der Waals surface area contributed by atoms with E-state index in [0.717, 1.165) is 29.7 Å². The highest BCUT2D eigenvalue weighted by Crippen LogP contribution is 2.28. The Kier molecular flexibility index (Phi) is 7.92. The normalized spacial score (nSPS) is 16.5. The highest BCUT2D eigenvalue weighted by Gasteiger charge is 2.35. The van der Waals surface area contributed by atoms with E-state index >= 15 is 0 Å².